The molecule has 6 atom stereocenters. The summed E-state index contributed by atoms with van der Waals surface area (Å²) >= 11 is 0. The minimum atomic E-state index is -0.584. The van der Waals surface area contributed by atoms with Crippen LogP contribution in [0.25, 0.3) is 0 Å². The third-order valence-corrected chi connectivity index (χ3v) is 9.95. The first kappa shape index (κ1) is 19.4. The van der Waals surface area contributed by atoms with Crippen LogP contribution in [0.2, 0.25) is 0 Å². The summed E-state index contributed by atoms with van der Waals surface area (Å²) in [5.74, 6) is 1.15. The molecule has 0 aromatic carbocycles. The van der Waals surface area contributed by atoms with Crippen LogP contribution in [-0.2, 0) is 4.79 Å². The summed E-state index contributed by atoms with van der Waals surface area (Å²) in [5, 5.41) is 9.94. The molecule has 0 heterocycles. The Kier molecular flexibility index (Phi) is 4.16. The van der Waals surface area contributed by atoms with E-state index < -0.39 is 11.4 Å². The monoisotopic (exact) mass is 392 g/mol. The third kappa shape index (κ3) is 2.63. The molecule has 0 radical (unpaired) electrons. The molecule has 3 saturated carbocycles. The van der Waals surface area contributed by atoms with E-state index in [1.165, 1.54) is 36.8 Å². The second kappa shape index (κ2) is 6.22. The Hall–Kier alpha value is -1.57. The fraction of sp³-hybridized carbons (Fsp3) is 0.667. The Labute approximate surface area is 175 Å². The van der Waals surface area contributed by atoms with Gasteiger partial charge in [0.1, 0.15) is 0 Å². The summed E-state index contributed by atoms with van der Waals surface area (Å²) in [6.07, 6.45) is 18.5. The first-order valence-electron chi connectivity index (χ1n) is 11.7. The highest BCUT2D eigenvalue weighted by atomic mass is 16.4. The summed E-state index contributed by atoms with van der Waals surface area (Å²) in [6.45, 7) is 9.25. The number of rotatable bonds is 1. The first-order valence-corrected chi connectivity index (χ1v) is 11.7. The zero-order chi connectivity index (χ0) is 20.6. The molecule has 29 heavy (non-hydrogen) atoms. The first-order chi connectivity index (χ1) is 13.7. The van der Waals surface area contributed by atoms with Crippen LogP contribution in [0.15, 0.2) is 46.6 Å². The fourth-order valence-electron chi connectivity index (χ4n) is 7.84. The van der Waals surface area contributed by atoms with Gasteiger partial charge >= 0.3 is 5.97 Å². The van der Waals surface area contributed by atoms with Crippen molar-refractivity contribution in [2.45, 2.75) is 79.1 Å². The standard InChI is InChI=1S/C27H36O2/c1-17-6-5-7-19-18(17)8-10-21-20(19)9-11-22-23-16-26(3,24(28)29)13-12-25(23,2)14-15-27(21,22)4/h6-8,10,20,22-23H,5,9,11-16H2,1-4H3,(H,28,29)/t20-,22-,23-,25-,26?,27+/m1/s1. The number of carboxylic acids is 1. The van der Waals surface area contributed by atoms with E-state index in [4.69, 9.17) is 0 Å². The SMILES string of the molecule is CC1=CCC=C2C1=CC=C1[C@@H]2CC[C@@H]2[C@H]3CC(C)(C(=O)O)CC[C@]3(C)CC[C@@]12C. The van der Waals surface area contributed by atoms with Crippen molar-refractivity contribution in [3.63, 3.8) is 0 Å². The van der Waals surface area contributed by atoms with Gasteiger partial charge in [-0.2, -0.15) is 0 Å². The molecule has 2 heteroatoms. The molecule has 0 aliphatic heterocycles. The van der Waals surface area contributed by atoms with Crippen molar-refractivity contribution in [3.8, 4) is 0 Å². The van der Waals surface area contributed by atoms with E-state index in [-0.39, 0.29) is 5.41 Å². The maximum absolute atomic E-state index is 12.1. The lowest BCUT2D eigenvalue weighted by Crippen LogP contribution is -2.55. The van der Waals surface area contributed by atoms with Gasteiger partial charge in [0, 0.05) is 5.92 Å². The molecule has 2 nitrogen and oxygen atoms in total. The molecule has 0 spiro atoms. The molecule has 156 valence electrons. The summed E-state index contributed by atoms with van der Waals surface area (Å²) in [6, 6.07) is 0. The average molecular weight is 393 g/mol. The fourth-order valence-corrected chi connectivity index (χ4v) is 7.84. The minimum absolute atomic E-state index is 0.224. The minimum Gasteiger partial charge on any atom is -0.481 e. The summed E-state index contributed by atoms with van der Waals surface area (Å²) in [5.41, 5.74) is 6.14. The number of carbonyl (C=O) groups is 1. The molecule has 5 aliphatic rings. The lowest BCUT2D eigenvalue weighted by molar-refractivity contribution is -0.160. The van der Waals surface area contributed by atoms with Crippen LogP contribution in [0.4, 0.5) is 0 Å². The smallest absolute Gasteiger partial charge is 0.309 e. The highest BCUT2D eigenvalue weighted by Crippen LogP contribution is 2.68. The molecule has 5 rings (SSSR count). The predicted octanol–water partition coefficient (Wildman–Crippen LogP) is 6.85. The number of carboxylic acid groups (broad SMARTS) is 1. The van der Waals surface area contributed by atoms with Gasteiger partial charge in [-0.25, -0.2) is 0 Å². The van der Waals surface area contributed by atoms with Crippen LogP contribution in [-0.4, -0.2) is 11.1 Å². The summed E-state index contributed by atoms with van der Waals surface area (Å²) in [4.78, 5) is 12.1. The topological polar surface area (TPSA) is 37.3 Å². The van der Waals surface area contributed by atoms with Crippen molar-refractivity contribution in [2.24, 2.45) is 34.0 Å². The van der Waals surface area contributed by atoms with Gasteiger partial charge in [0.15, 0.2) is 0 Å². The van der Waals surface area contributed by atoms with E-state index in [2.05, 4.69) is 45.1 Å². The van der Waals surface area contributed by atoms with Crippen LogP contribution >= 0.6 is 0 Å². The van der Waals surface area contributed by atoms with Crippen LogP contribution < -0.4 is 0 Å². The maximum atomic E-state index is 12.1. The zero-order valence-corrected chi connectivity index (χ0v) is 18.6. The normalized spacial score (nSPS) is 46.0. The van der Waals surface area contributed by atoms with Crippen molar-refractivity contribution >= 4 is 5.97 Å². The molecule has 0 aromatic heterocycles. The Morgan fingerprint density at radius 1 is 1.00 bits per heavy atom. The van der Waals surface area contributed by atoms with Gasteiger partial charge in [-0.15, -0.1) is 0 Å². The van der Waals surface area contributed by atoms with Gasteiger partial charge in [-0.3, -0.25) is 4.79 Å². The van der Waals surface area contributed by atoms with Gasteiger partial charge in [-0.05, 0) is 105 Å². The zero-order valence-electron chi connectivity index (χ0n) is 18.6. The number of hydrogen-bond donors (Lipinski definition) is 1. The van der Waals surface area contributed by atoms with Gasteiger partial charge in [-0.1, -0.05) is 43.7 Å². The van der Waals surface area contributed by atoms with E-state index in [9.17, 15) is 9.90 Å². The van der Waals surface area contributed by atoms with Gasteiger partial charge in [0.2, 0.25) is 0 Å². The quantitative estimate of drug-likeness (QED) is 0.529. The molecule has 1 unspecified atom stereocenters. The van der Waals surface area contributed by atoms with Crippen LogP contribution in [0.5, 0.6) is 0 Å². The van der Waals surface area contributed by atoms with Crippen molar-refractivity contribution in [2.75, 3.05) is 0 Å². The number of allylic oxidation sites excluding steroid dienone is 8. The Bertz CT molecular complexity index is 886. The van der Waals surface area contributed by atoms with E-state index in [0.717, 1.165) is 25.7 Å². The lowest BCUT2D eigenvalue weighted by Gasteiger charge is -2.62. The van der Waals surface area contributed by atoms with Crippen LogP contribution in [0.1, 0.15) is 79.1 Å². The number of fused-ring (bicyclic) bond motifs is 7. The molecular formula is C27H36O2. The highest BCUT2D eigenvalue weighted by Gasteiger charge is 2.59. The van der Waals surface area contributed by atoms with E-state index in [1.54, 1.807) is 11.1 Å². The molecule has 0 aromatic rings. The van der Waals surface area contributed by atoms with E-state index >= 15 is 0 Å². The molecular weight excluding hydrogens is 356 g/mol. The summed E-state index contributed by atoms with van der Waals surface area (Å²) in [7, 11) is 0. The summed E-state index contributed by atoms with van der Waals surface area (Å²) < 4.78 is 0. The Balaban J connectivity index is 1.54. The van der Waals surface area contributed by atoms with Gasteiger partial charge in [0.25, 0.3) is 0 Å². The largest absolute Gasteiger partial charge is 0.481 e. The van der Waals surface area contributed by atoms with E-state index in [0.29, 0.717) is 23.2 Å². The van der Waals surface area contributed by atoms with Crippen molar-refractivity contribution < 1.29 is 9.90 Å². The highest BCUT2D eigenvalue weighted by molar-refractivity contribution is 5.74. The maximum Gasteiger partial charge on any atom is 0.309 e. The van der Waals surface area contributed by atoms with Crippen LogP contribution in [0.3, 0.4) is 0 Å². The number of aliphatic carboxylic acids is 1. The second-order valence-corrected chi connectivity index (χ2v) is 11.5. The predicted molar refractivity (Wildman–Crippen MR) is 117 cm³/mol. The molecule has 5 aliphatic carbocycles. The van der Waals surface area contributed by atoms with Crippen molar-refractivity contribution in [3.05, 3.63) is 46.6 Å². The second-order valence-electron chi connectivity index (χ2n) is 11.5. The van der Waals surface area contributed by atoms with Crippen LogP contribution in [0, 0.1) is 34.0 Å². The molecule has 3 fully saturated rings. The van der Waals surface area contributed by atoms with Gasteiger partial charge < -0.3 is 5.11 Å². The molecule has 0 saturated heterocycles. The molecule has 0 bridgehead atoms. The molecule has 0 amide bonds. The molecule has 1 N–H and O–H groups in total. The third-order valence-electron chi connectivity index (χ3n) is 9.95. The Morgan fingerprint density at radius 3 is 2.52 bits per heavy atom. The Morgan fingerprint density at radius 2 is 1.76 bits per heavy atom. The van der Waals surface area contributed by atoms with Gasteiger partial charge in [0.05, 0.1) is 5.41 Å². The van der Waals surface area contributed by atoms with Crippen molar-refractivity contribution in [1.82, 2.24) is 0 Å². The number of hydrogen-bond acceptors (Lipinski definition) is 1. The average Bonchev–Trinajstić information content (AvgIpc) is 2.69. The lowest BCUT2D eigenvalue weighted by atomic mass is 9.42. The van der Waals surface area contributed by atoms with E-state index in [1.807, 2.05) is 6.92 Å². The van der Waals surface area contributed by atoms with Crippen molar-refractivity contribution in [1.29, 1.82) is 0 Å².